The highest BCUT2D eigenvalue weighted by molar-refractivity contribution is 7.86. The van der Waals surface area contributed by atoms with Gasteiger partial charge in [0.1, 0.15) is 24.7 Å². The van der Waals surface area contributed by atoms with E-state index in [2.05, 4.69) is 0 Å². The quantitative estimate of drug-likeness (QED) is 0.290. The highest BCUT2D eigenvalue weighted by atomic mass is 32.2. The van der Waals surface area contributed by atoms with Crippen molar-refractivity contribution in [1.82, 2.24) is 4.90 Å². The van der Waals surface area contributed by atoms with Gasteiger partial charge in [0, 0.05) is 18.7 Å². The minimum Gasteiger partial charge on any atom is -0.497 e. The Labute approximate surface area is 216 Å². The van der Waals surface area contributed by atoms with E-state index >= 15 is 0 Å². The van der Waals surface area contributed by atoms with Gasteiger partial charge in [0.15, 0.2) is 0 Å². The molecule has 10 heteroatoms. The smallest absolute Gasteiger partial charge is 0.331 e. The second kappa shape index (κ2) is 11.4. The number of nitrogens with zero attached hydrogens (tertiary/aromatic N) is 2. The molecule has 0 radical (unpaired) electrons. The van der Waals surface area contributed by atoms with Crippen molar-refractivity contribution in [3.63, 3.8) is 0 Å². The Bertz CT molecular complexity index is 1340. The summed E-state index contributed by atoms with van der Waals surface area (Å²) in [5.74, 6) is 0.969. The second-order valence-electron chi connectivity index (χ2n) is 8.44. The number of benzene rings is 3. The molecule has 3 amide bonds. The van der Waals surface area contributed by atoms with Crippen LogP contribution in [-0.4, -0.2) is 52.1 Å². The Morgan fingerprint density at radius 2 is 1.49 bits per heavy atom. The van der Waals surface area contributed by atoms with Gasteiger partial charge in [-0.05, 0) is 61.0 Å². The van der Waals surface area contributed by atoms with Crippen LogP contribution in [0.2, 0.25) is 0 Å². The van der Waals surface area contributed by atoms with E-state index in [4.69, 9.17) is 13.7 Å². The summed E-state index contributed by atoms with van der Waals surface area (Å²) >= 11 is 0. The average molecular weight is 525 g/mol. The predicted molar refractivity (Wildman–Crippen MR) is 137 cm³/mol. The maximum atomic E-state index is 13.1. The molecular formula is C27H28N2O7S. The molecule has 1 aliphatic rings. The average Bonchev–Trinajstić information content (AvgIpc) is 2.90. The molecule has 0 N–H and O–H groups in total. The zero-order chi connectivity index (χ0) is 26.4. The van der Waals surface area contributed by atoms with E-state index in [0.717, 1.165) is 11.1 Å². The van der Waals surface area contributed by atoms with Crippen molar-refractivity contribution in [2.24, 2.45) is 0 Å². The van der Waals surface area contributed by atoms with Crippen LogP contribution in [0.25, 0.3) is 0 Å². The number of anilines is 1. The Kier molecular flexibility index (Phi) is 8.10. The maximum absolute atomic E-state index is 13.1. The first-order valence-electron chi connectivity index (χ1n) is 11.7. The van der Waals surface area contributed by atoms with Crippen molar-refractivity contribution in [2.75, 3.05) is 31.8 Å². The fourth-order valence-corrected chi connectivity index (χ4v) is 4.69. The lowest BCUT2D eigenvalue weighted by Crippen LogP contribution is -2.52. The predicted octanol–water partition coefficient (Wildman–Crippen LogP) is 4.15. The molecule has 0 spiro atoms. The van der Waals surface area contributed by atoms with Crippen molar-refractivity contribution in [2.45, 2.75) is 24.8 Å². The fraction of sp³-hybridized carbons (Fsp3) is 0.259. The number of hydrogen-bond acceptors (Lipinski definition) is 7. The van der Waals surface area contributed by atoms with Gasteiger partial charge in [-0.1, -0.05) is 29.8 Å². The first kappa shape index (κ1) is 26.2. The van der Waals surface area contributed by atoms with Crippen LogP contribution in [0, 0.1) is 6.92 Å². The lowest BCUT2D eigenvalue weighted by Gasteiger charge is -2.34. The van der Waals surface area contributed by atoms with E-state index in [0.29, 0.717) is 17.2 Å². The summed E-state index contributed by atoms with van der Waals surface area (Å²) in [7, 11) is -2.28. The van der Waals surface area contributed by atoms with Crippen LogP contribution < -0.4 is 14.4 Å². The van der Waals surface area contributed by atoms with Crippen LogP contribution in [0.1, 0.15) is 17.5 Å². The van der Waals surface area contributed by atoms with E-state index in [1.807, 2.05) is 19.1 Å². The van der Waals surface area contributed by atoms with Gasteiger partial charge in [-0.2, -0.15) is 8.42 Å². The molecule has 0 saturated carbocycles. The summed E-state index contributed by atoms with van der Waals surface area (Å²) in [6.45, 7) is 2.20. The number of methoxy groups -OCH3 is 1. The first-order chi connectivity index (χ1) is 17.8. The molecule has 0 bridgehead atoms. The van der Waals surface area contributed by atoms with Crippen LogP contribution in [-0.2, 0) is 25.6 Å². The standard InChI is InChI=1S/C27H28N2O7S/c1-20-3-13-25(14-4-20)37(32,33)36-18-17-35-24-11-7-22(8-12-24)28-16-15-26(30)29(27(28)31)19-21-5-9-23(34-2)10-6-21/h3-14H,15-19H2,1-2H3. The van der Waals surface area contributed by atoms with Crippen molar-refractivity contribution < 1.29 is 31.7 Å². The third kappa shape index (κ3) is 6.46. The number of aryl methyl sites for hydroxylation is 1. The molecule has 3 aromatic rings. The monoisotopic (exact) mass is 524 g/mol. The molecule has 0 atom stereocenters. The van der Waals surface area contributed by atoms with Crippen molar-refractivity contribution in [1.29, 1.82) is 0 Å². The second-order valence-corrected chi connectivity index (χ2v) is 10.1. The molecule has 0 unspecified atom stereocenters. The minimum absolute atomic E-state index is 0.0250. The van der Waals surface area contributed by atoms with Gasteiger partial charge < -0.3 is 9.47 Å². The molecule has 1 heterocycles. The summed E-state index contributed by atoms with van der Waals surface area (Å²) < 4.78 is 40.3. The van der Waals surface area contributed by atoms with Crippen LogP contribution >= 0.6 is 0 Å². The molecule has 0 aromatic heterocycles. The van der Waals surface area contributed by atoms with Crippen LogP contribution in [0.15, 0.2) is 77.7 Å². The van der Waals surface area contributed by atoms with Gasteiger partial charge in [0.2, 0.25) is 5.91 Å². The van der Waals surface area contributed by atoms with Gasteiger partial charge in [-0.15, -0.1) is 0 Å². The van der Waals surface area contributed by atoms with E-state index in [1.165, 1.54) is 17.0 Å². The van der Waals surface area contributed by atoms with E-state index in [1.54, 1.807) is 60.5 Å². The number of carbonyl (C=O) groups excluding carboxylic acids is 2. The van der Waals surface area contributed by atoms with Crippen molar-refractivity contribution in [3.8, 4) is 11.5 Å². The third-order valence-corrected chi connectivity index (χ3v) is 7.19. The zero-order valence-electron chi connectivity index (χ0n) is 20.6. The number of carbonyl (C=O) groups is 2. The Morgan fingerprint density at radius 3 is 2.14 bits per heavy atom. The Morgan fingerprint density at radius 1 is 0.838 bits per heavy atom. The van der Waals surface area contributed by atoms with Crippen LogP contribution in [0.5, 0.6) is 11.5 Å². The Hall–Kier alpha value is -3.89. The normalized spacial score (nSPS) is 14.1. The van der Waals surface area contributed by atoms with Crippen LogP contribution in [0.4, 0.5) is 10.5 Å². The fourth-order valence-electron chi connectivity index (χ4n) is 3.80. The van der Waals surface area contributed by atoms with Gasteiger partial charge in [-0.25, -0.2) is 4.79 Å². The highest BCUT2D eigenvalue weighted by Gasteiger charge is 2.32. The van der Waals surface area contributed by atoms with Crippen LogP contribution in [0.3, 0.4) is 0 Å². The van der Waals surface area contributed by atoms with E-state index < -0.39 is 16.1 Å². The maximum Gasteiger partial charge on any atom is 0.331 e. The molecule has 9 nitrogen and oxygen atoms in total. The SMILES string of the molecule is COc1ccc(CN2C(=O)CCN(c3ccc(OCCOS(=O)(=O)c4ccc(C)cc4)cc3)C2=O)cc1. The summed E-state index contributed by atoms with van der Waals surface area (Å²) in [6.07, 6.45) is 0.215. The number of amides is 3. The number of urea groups is 1. The lowest BCUT2D eigenvalue weighted by molar-refractivity contribution is -0.129. The molecule has 1 fully saturated rings. The molecule has 37 heavy (non-hydrogen) atoms. The Balaban J connectivity index is 1.31. The van der Waals surface area contributed by atoms with Crippen molar-refractivity contribution in [3.05, 3.63) is 83.9 Å². The topological polar surface area (TPSA) is 102 Å². The number of hydrogen-bond donors (Lipinski definition) is 0. The molecule has 1 saturated heterocycles. The van der Waals surface area contributed by atoms with E-state index in [-0.39, 0.29) is 43.5 Å². The van der Waals surface area contributed by atoms with E-state index in [9.17, 15) is 18.0 Å². The molecule has 194 valence electrons. The summed E-state index contributed by atoms with van der Waals surface area (Å²) in [5, 5.41) is 0. The highest BCUT2D eigenvalue weighted by Crippen LogP contribution is 2.25. The van der Waals surface area contributed by atoms with Gasteiger partial charge in [-0.3, -0.25) is 18.8 Å². The van der Waals surface area contributed by atoms with Gasteiger partial charge in [0.05, 0.1) is 18.6 Å². The van der Waals surface area contributed by atoms with Gasteiger partial charge >= 0.3 is 6.03 Å². The first-order valence-corrected chi connectivity index (χ1v) is 13.1. The molecule has 0 aliphatic carbocycles. The molecular weight excluding hydrogens is 496 g/mol. The van der Waals surface area contributed by atoms with Gasteiger partial charge in [0.25, 0.3) is 10.1 Å². The molecule has 1 aliphatic heterocycles. The van der Waals surface area contributed by atoms with Crippen molar-refractivity contribution >= 4 is 27.7 Å². The lowest BCUT2D eigenvalue weighted by atomic mass is 10.1. The largest absolute Gasteiger partial charge is 0.497 e. The molecule has 3 aromatic carbocycles. The number of imide groups is 1. The summed E-state index contributed by atoms with van der Waals surface area (Å²) in [4.78, 5) is 28.4. The third-order valence-electron chi connectivity index (χ3n) is 5.86. The number of ether oxygens (including phenoxy) is 2. The molecule has 4 rings (SSSR count). The minimum atomic E-state index is -3.86. The zero-order valence-corrected chi connectivity index (χ0v) is 21.4. The number of rotatable bonds is 10. The summed E-state index contributed by atoms with van der Waals surface area (Å²) in [5.41, 5.74) is 2.40. The summed E-state index contributed by atoms with van der Waals surface area (Å²) in [6, 6.07) is 20.0.